The van der Waals surface area contributed by atoms with E-state index >= 15 is 0 Å². The Kier molecular flexibility index (Phi) is 3.97. The molecule has 0 N–H and O–H groups in total. The Morgan fingerprint density at radius 1 is 1.22 bits per heavy atom. The summed E-state index contributed by atoms with van der Waals surface area (Å²) in [7, 11) is 1.91. The summed E-state index contributed by atoms with van der Waals surface area (Å²) < 4.78 is 14.7. The zero-order chi connectivity index (χ0) is 13.1. The molecule has 1 atom stereocenters. The Hall–Kier alpha value is -1.42. The number of benzene rings is 1. The molecule has 0 aliphatic carbocycles. The minimum Gasteiger partial charge on any atom is -0.352 e. The van der Waals surface area contributed by atoms with Crippen molar-refractivity contribution >= 4 is 21.7 Å². The Bertz CT molecular complexity index is 495. The first-order valence-electron chi connectivity index (χ1n) is 5.69. The van der Waals surface area contributed by atoms with Crippen molar-refractivity contribution in [2.45, 2.75) is 13.0 Å². The molecule has 0 amide bonds. The van der Waals surface area contributed by atoms with Crippen molar-refractivity contribution < 1.29 is 4.39 Å². The van der Waals surface area contributed by atoms with Gasteiger partial charge in [0.05, 0.1) is 10.5 Å². The molecule has 2 aromatic rings. The van der Waals surface area contributed by atoms with Gasteiger partial charge in [0, 0.05) is 18.8 Å². The summed E-state index contributed by atoms with van der Waals surface area (Å²) in [4.78, 5) is 6.26. The van der Waals surface area contributed by atoms with E-state index in [0.717, 1.165) is 10.3 Å². The Morgan fingerprint density at radius 3 is 2.61 bits per heavy atom. The summed E-state index contributed by atoms with van der Waals surface area (Å²) in [6, 6.07) is 10.5. The molecular formula is C14H14BrFN2. The molecule has 0 saturated carbocycles. The summed E-state index contributed by atoms with van der Waals surface area (Å²) in [5, 5.41) is 0. The number of hydrogen-bond acceptors (Lipinski definition) is 2. The van der Waals surface area contributed by atoms with Crippen LogP contribution in [0.2, 0.25) is 0 Å². The average molecular weight is 309 g/mol. The van der Waals surface area contributed by atoms with Gasteiger partial charge >= 0.3 is 0 Å². The van der Waals surface area contributed by atoms with Gasteiger partial charge in [0.15, 0.2) is 0 Å². The van der Waals surface area contributed by atoms with Crippen molar-refractivity contribution in [3.8, 4) is 0 Å². The van der Waals surface area contributed by atoms with Gasteiger partial charge in [-0.3, -0.25) is 0 Å². The van der Waals surface area contributed by atoms with Crippen molar-refractivity contribution in [1.29, 1.82) is 0 Å². The topological polar surface area (TPSA) is 16.1 Å². The van der Waals surface area contributed by atoms with Crippen LogP contribution in [0.15, 0.2) is 47.1 Å². The average Bonchev–Trinajstić information content (AvgIpc) is 2.38. The smallest absolute Gasteiger partial charge is 0.143 e. The number of anilines is 1. The van der Waals surface area contributed by atoms with Crippen LogP contribution in [0.25, 0.3) is 0 Å². The number of hydrogen-bond donors (Lipinski definition) is 0. The lowest BCUT2D eigenvalue weighted by Gasteiger charge is -2.27. The van der Waals surface area contributed by atoms with Gasteiger partial charge in [-0.25, -0.2) is 9.37 Å². The molecule has 0 aliphatic heterocycles. The Balaban J connectivity index is 2.33. The third-order valence-corrected chi connectivity index (χ3v) is 3.63. The normalized spacial score (nSPS) is 12.2. The highest BCUT2D eigenvalue weighted by molar-refractivity contribution is 9.10. The van der Waals surface area contributed by atoms with Crippen LogP contribution in [0.3, 0.4) is 0 Å². The first-order valence-corrected chi connectivity index (χ1v) is 6.48. The lowest BCUT2D eigenvalue weighted by Crippen LogP contribution is -2.23. The minimum atomic E-state index is -0.191. The van der Waals surface area contributed by atoms with Crippen molar-refractivity contribution in [2.75, 3.05) is 11.9 Å². The van der Waals surface area contributed by atoms with E-state index in [4.69, 9.17) is 0 Å². The van der Waals surface area contributed by atoms with Crippen molar-refractivity contribution in [3.05, 3.63) is 58.4 Å². The maximum atomic E-state index is 13.8. The molecule has 94 valence electrons. The molecule has 2 nitrogen and oxygen atoms in total. The second kappa shape index (κ2) is 5.48. The first kappa shape index (κ1) is 13.0. The zero-order valence-electron chi connectivity index (χ0n) is 10.3. The van der Waals surface area contributed by atoms with Gasteiger partial charge in [-0.05, 0) is 41.1 Å². The van der Waals surface area contributed by atoms with Gasteiger partial charge in [0.25, 0.3) is 0 Å². The fourth-order valence-electron chi connectivity index (χ4n) is 1.84. The highest BCUT2D eigenvalue weighted by Gasteiger charge is 2.18. The van der Waals surface area contributed by atoms with Crippen LogP contribution < -0.4 is 4.90 Å². The third kappa shape index (κ3) is 2.53. The Labute approximate surface area is 115 Å². The highest BCUT2D eigenvalue weighted by Crippen LogP contribution is 2.30. The van der Waals surface area contributed by atoms with Crippen LogP contribution in [-0.4, -0.2) is 12.0 Å². The molecule has 18 heavy (non-hydrogen) atoms. The second-order valence-electron chi connectivity index (χ2n) is 4.12. The number of pyridine rings is 1. The summed E-state index contributed by atoms with van der Waals surface area (Å²) in [5.41, 5.74) is 0.664. The summed E-state index contributed by atoms with van der Waals surface area (Å²) in [6.45, 7) is 1.96. The Morgan fingerprint density at radius 2 is 1.94 bits per heavy atom. The van der Waals surface area contributed by atoms with Gasteiger partial charge in [-0.15, -0.1) is 0 Å². The molecule has 0 spiro atoms. The second-order valence-corrected chi connectivity index (χ2v) is 4.97. The first-order chi connectivity index (χ1) is 8.61. The molecule has 0 bridgehead atoms. The molecule has 0 aliphatic rings. The fourth-order valence-corrected chi connectivity index (χ4v) is 2.38. The lowest BCUT2D eigenvalue weighted by molar-refractivity contribution is 0.584. The van der Waals surface area contributed by atoms with Gasteiger partial charge in [-0.1, -0.05) is 18.2 Å². The van der Waals surface area contributed by atoms with E-state index in [2.05, 4.69) is 20.9 Å². The van der Waals surface area contributed by atoms with Crippen molar-refractivity contribution in [1.82, 2.24) is 4.98 Å². The SMILES string of the molecule is CC(c1ccccc1F)N(C)c1ncccc1Br. The number of aromatic nitrogens is 1. The maximum Gasteiger partial charge on any atom is 0.143 e. The number of nitrogens with zero attached hydrogens (tertiary/aromatic N) is 2. The van der Waals surface area contributed by atoms with Gasteiger partial charge in [0.1, 0.15) is 11.6 Å². The number of rotatable bonds is 3. The lowest BCUT2D eigenvalue weighted by atomic mass is 10.1. The molecule has 1 aromatic heterocycles. The zero-order valence-corrected chi connectivity index (χ0v) is 11.9. The molecule has 1 heterocycles. The molecule has 2 rings (SSSR count). The standard InChI is InChI=1S/C14H14BrFN2/c1-10(11-6-3-4-8-13(11)16)18(2)14-12(15)7-5-9-17-14/h3-10H,1-2H3. The monoisotopic (exact) mass is 308 g/mol. The van der Waals surface area contributed by atoms with E-state index < -0.39 is 0 Å². The summed E-state index contributed by atoms with van der Waals surface area (Å²) in [5.74, 6) is 0.608. The maximum absolute atomic E-state index is 13.8. The quantitative estimate of drug-likeness (QED) is 0.845. The van der Waals surface area contributed by atoms with E-state index in [1.165, 1.54) is 6.07 Å². The molecular weight excluding hydrogens is 295 g/mol. The highest BCUT2D eigenvalue weighted by atomic mass is 79.9. The molecule has 0 fully saturated rings. The van der Waals surface area contributed by atoms with Crippen LogP contribution in [-0.2, 0) is 0 Å². The largest absolute Gasteiger partial charge is 0.352 e. The van der Waals surface area contributed by atoms with Crippen LogP contribution in [0.4, 0.5) is 10.2 Å². The van der Waals surface area contributed by atoms with Gasteiger partial charge < -0.3 is 4.90 Å². The van der Waals surface area contributed by atoms with Gasteiger partial charge in [-0.2, -0.15) is 0 Å². The van der Waals surface area contributed by atoms with E-state index in [9.17, 15) is 4.39 Å². The van der Waals surface area contributed by atoms with Crippen LogP contribution in [0, 0.1) is 5.82 Å². The fraction of sp³-hybridized carbons (Fsp3) is 0.214. The van der Waals surface area contributed by atoms with Crippen LogP contribution in [0.5, 0.6) is 0 Å². The summed E-state index contributed by atoms with van der Waals surface area (Å²) >= 11 is 3.46. The van der Waals surface area contributed by atoms with E-state index in [1.807, 2.05) is 37.1 Å². The molecule has 4 heteroatoms. The van der Waals surface area contributed by atoms with Crippen molar-refractivity contribution in [2.24, 2.45) is 0 Å². The predicted octanol–water partition coefficient (Wildman–Crippen LogP) is 4.18. The minimum absolute atomic E-state index is 0.0857. The molecule has 1 unspecified atom stereocenters. The molecule has 1 aromatic carbocycles. The predicted molar refractivity (Wildman–Crippen MR) is 75.2 cm³/mol. The van der Waals surface area contributed by atoms with E-state index in [-0.39, 0.29) is 11.9 Å². The van der Waals surface area contributed by atoms with Gasteiger partial charge in [0.2, 0.25) is 0 Å². The van der Waals surface area contributed by atoms with Crippen LogP contribution in [0.1, 0.15) is 18.5 Å². The van der Waals surface area contributed by atoms with E-state index in [1.54, 1.807) is 18.3 Å². The number of halogens is 2. The van der Waals surface area contributed by atoms with Crippen molar-refractivity contribution in [3.63, 3.8) is 0 Å². The molecule has 0 radical (unpaired) electrons. The summed E-state index contributed by atoms with van der Waals surface area (Å²) in [6.07, 6.45) is 1.73. The van der Waals surface area contributed by atoms with E-state index in [0.29, 0.717) is 5.56 Å². The molecule has 0 saturated heterocycles. The van der Waals surface area contributed by atoms with Crippen LogP contribution >= 0.6 is 15.9 Å². The third-order valence-electron chi connectivity index (χ3n) is 3.01.